The van der Waals surface area contributed by atoms with Crippen molar-refractivity contribution in [2.24, 2.45) is 13.0 Å². The van der Waals surface area contributed by atoms with Crippen molar-refractivity contribution in [3.05, 3.63) is 71.7 Å². The molecule has 1 fully saturated rings. The first kappa shape index (κ1) is 20.6. The van der Waals surface area contributed by atoms with E-state index in [1.54, 1.807) is 18.3 Å². The van der Waals surface area contributed by atoms with Gasteiger partial charge >= 0.3 is 0 Å². The summed E-state index contributed by atoms with van der Waals surface area (Å²) >= 11 is 0. The standard InChI is InChI=1S/C26H28FN5/c1-18-16-21(27)11-10-20(18)7-5-6-19-13-15-32(17-19)26-23-9-4-3-8-22(23)25(29-30-26)24-12-14-28-31(24)2/h3-4,8-12,14,16,19H,5-7,13,15,17H2,1-2H3. The maximum absolute atomic E-state index is 13.3. The average molecular weight is 430 g/mol. The molecule has 5 rings (SSSR count). The number of rotatable bonds is 6. The van der Waals surface area contributed by atoms with Crippen LogP contribution in [-0.4, -0.2) is 33.1 Å². The number of halogens is 1. The van der Waals surface area contributed by atoms with Crippen molar-refractivity contribution < 1.29 is 4.39 Å². The number of hydrogen-bond donors (Lipinski definition) is 0. The van der Waals surface area contributed by atoms with Crippen LogP contribution in [0.2, 0.25) is 0 Å². The molecule has 1 aliphatic heterocycles. The summed E-state index contributed by atoms with van der Waals surface area (Å²) < 4.78 is 15.2. The van der Waals surface area contributed by atoms with Crippen molar-refractivity contribution in [1.82, 2.24) is 20.0 Å². The predicted molar refractivity (Wildman–Crippen MR) is 126 cm³/mol. The monoisotopic (exact) mass is 429 g/mol. The molecule has 2 aromatic heterocycles. The Bertz CT molecular complexity index is 1250. The molecular weight excluding hydrogens is 401 g/mol. The van der Waals surface area contributed by atoms with Gasteiger partial charge in [-0.3, -0.25) is 4.68 Å². The second-order valence-corrected chi connectivity index (χ2v) is 8.82. The van der Waals surface area contributed by atoms with Crippen LogP contribution in [0.4, 0.5) is 10.2 Å². The van der Waals surface area contributed by atoms with Crippen molar-refractivity contribution in [3.63, 3.8) is 0 Å². The number of benzene rings is 2. The van der Waals surface area contributed by atoms with Gasteiger partial charge in [0.2, 0.25) is 0 Å². The van der Waals surface area contributed by atoms with Gasteiger partial charge in [-0.25, -0.2) is 4.39 Å². The van der Waals surface area contributed by atoms with Crippen molar-refractivity contribution >= 4 is 16.6 Å². The molecule has 6 heteroatoms. The van der Waals surface area contributed by atoms with Crippen LogP contribution in [0.1, 0.15) is 30.4 Å². The Balaban J connectivity index is 1.30. The fraction of sp³-hybridized carbons (Fsp3) is 0.346. The third kappa shape index (κ3) is 3.97. The Morgan fingerprint density at radius 1 is 1.06 bits per heavy atom. The lowest BCUT2D eigenvalue weighted by Gasteiger charge is -2.20. The highest BCUT2D eigenvalue weighted by Crippen LogP contribution is 2.34. The Morgan fingerprint density at radius 3 is 2.69 bits per heavy atom. The second kappa shape index (κ2) is 8.69. The minimum Gasteiger partial charge on any atom is -0.354 e. The summed E-state index contributed by atoms with van der Waals surface area (Å²) in [6.45, 7) is 4.00. The summed E-state index contributed by atoms with van der Waals surface area (Å²) in [5.74, 6) is 1.47. The van der Waals surface area contributed by atoms with Gasteiger partial charge in [0.1, 0.15) is 11.5 Å². The molecule has 1 atom stereocenters. The van der Waals surface area contributed by atoms with Gasteiger partial charge < -0.3 is 4.90 Å². The smallest absolute Gasteiger partial charge is 0.159 e. The Morgan fingerprint density at radius 2 is 1.91 bits per heavy atom. The topological polar surface area (TPSA) is 46.8 Å². The Labute approximate surface area is 187 Å². The summed E-state index contributed by atoms with van der Waals surface area (Å²) in [6.07, 6.45) is 6.26. The van der Waals surface area contributed by atoms with Gasteiger partial charge in [-0.2, -0.15) is 5.10 Å². The van der Waals surface area contributed by atoms with Gasteiger partial charge in [-0.1, -0.05) is 30.3 Å². The summed E-state index contributed by atoms with van der Waals surface area (Å²) in [5.41, 5.74) is 4.14. The normalized spacial score (nSPS) is 16.2. The lowest BCUT2D eigenvalue weighted by atomic mass is 9.97. The second-order valence-electron chi connectivity index (χ2n) is 8.82. The van der Waals surface area contributed by atoms with E-state index in [4.69, 9.17) is 0 Å². The fourth-order valence-corrected chi connectivity index (χ4v) is 4.90. The Kier molecular flexibility index (Phi) is 5.60. The van der Waals surface area contributed by atoms with Gasteiger partial charge in [-0.05, 0) is 67.9 Å². The van der Waals surface area contributed by atoms with Gasteiger partial charge in [0.05, 0.1) is 5.69 Å². The zero-order valence-electron chi connectivity index (χ0n) is 18.6. The van der Waals surface area contributed by atoms with Crippen LogP contribution in [0.25, 0.3) is 22.2 Å². The molecular formula is C26H28FN5. The number of anilines is 1. The number of fused-ring (bicyclic) bond motifs is 1. The van der Waals surface area contributed by atoms with Gasteiger partial charge in [0, 0.05) is 37.1 Å². The van der Waals surface area contributed by atoms with Gasteiger partial charge in [-0.15, -0.1) is 10.2 Å². The number of aryl methyl sites for hydroxylation is 3. The average Bonchev–Trinajstić information content (AvgIpc) is 3.43. The maximum Gasteiger partial charge on any atom is 0.159 e. The lowest BCUT2D eigenvalue weighted by molar-refractivity contribution is 0.513. The molecule has 0 spiro atoms. The first-order valence-corrected chi connectivity index (χ1v) is 11.3. The van der Waals surface area contributed by atoms with E-state index in [0.717, 1.165) is 59.5 Å². The van der Waals surface area contributed by atoms with Crippen LogP contribution in [-0.2, 0) is 13.5 Å². The van der Waals surface area contributed by atoms with E-state index in [2.05, 4.69) is 44.5 Å². The molecule has 164 valence electrons. The van der Waals surface area contributed by atoms with Crippen LogP contribution >= 0.6 is 0 Å². The largest absolute Gasteiger partial charge is 0.354 e. The summed E-state index contributed by atoms with van der Waals surface area (Å²) in [7, 11) is 1.93. The van der Waals surface area contributed by atoms with E-state index in [0.29, 0.717) is 5.92 Å². The summed E-state index contributed by atoms with van der Waals surface area (Å²) in [6, 6.07) is 15.5. The van der Waals surface area contributed by atoms with Gasteiger partial charge in [0.15, 0.2) is 5.82 Å². The predicted octanol–water partition coefficient (Wildman–Crippen LogP) is 5.33. The first-order chi connectivity index (χ1) is 15.6. The number of nitrogens with zero attached hydrogens (tertiary/aromatic N) is 5. The van der Waals surface area contributed by atoms with E-state index >= 15 is 0 Å². The van der Waals surface area contributed by atoms with Crippen LogP contribution in [0, 0.1) is 18.7 Å². The number of aromatic nitrogens is 4. The Hall–Kier alpha value is -3.28. The van der Waals surface area contributed by atoms with Crippen molar-refractivity contribution in [2.45, 2.75) is 32.6 Å². The molecule has 1 aliphatic rings. The van der Waals surface area contributed by atoms with E-state index in [1.165, 1.54) is 18.4 Å². The number of hydrogen-bond acceptors (Lipinski definition) is 4. The van der Waals surface area contributed by atoms with Gasteiger partial charge in [0.25, 0.3) is 0 Å². The van der Waals surface area contributed by atoms with Crippen molar-refractivity contribution in [1.29, 1.82) is 0 Å². The molecule has 0 aliphatic carbocycles. The third-order valence-corrected chi connectivity index (χ3v) is 6.68. The molecule has 2 aromatic carbocycles. The zero-order valence-corrected chi connectivity index (χ0v) is 18.6. The molecule has 0 bridgehead atoms. The highest BCUT2D eigenvalue weighted by atomic mass is 19.1. The molecule has 0 N–H and O–H groups in total. The minimum atomic E-state index is -0.152. The molecule has 0 saturated carbocycles. The molecule has 0 amide bonds. The molecule has 4 aromatic rings. The fourth-order valence-electron chi connectivity index (χ4n) is 4.90. The third-order valence-electron chi connectivity index (χ3n) is 6.68. The molecule has 32 heavy (non-hydrogen) atoms. The van der Waals surface area contributed by atoms with Crippen LogP contribution in [0.15, 0.2) is 54.7 Å². The minimum absolute atomic E-state index is 0.152. The van der Waals surface area contributed by atoms with E-state index < -0.39 is 0 Å². The highest BCUT2D eigenvalue weighted by molar-refractivity contribution is 5.99. The molecule has 0 radical (unpaired) electrons. The quantitative estimate of drug-likeness (QED) is 0.416. The van der Waals surface area contributed by atoms with E-state index in [1.807, 2.05) is 30.8 Å². The van der Waals surface area contributed by atoms with Crippen molar-refractivity contribution in [2.75, 3.05) is 18.0 Å². The molecule has 3 heterocycles. The van der Waals surface area contributed by atoms with Crippen LogP contribution < -0.4 is 4.90 Å². The van der Waals surface area contributed by atoms with Crippen LogP contribution in [0.3, 0.4) is 0 Å². The van der Waals surface area contributed by atoms with Crippen LogP contribution in [0.5, 0.6) is 0 Å². The molecule has 1 unspecified atom stereocenters. The zero-order chi connectivity index (χ0) is 22.1. The van der Waals surface area contributed by atoms with Crippen molar-refractivity contribution in [3.8, 4) is 11.4 Å². The lowest BCUT2D eigenvalue weighted by Crippen LogP contribution is -2.22. The summed E-state index contributed by atoms with van der Waals surface area (Å²) in [5, 5.41) is 15.8. The van der Waals surface area contributed by atoms with E-state index in [9.17, 15) is 4.39 Å². The first-order valence-electron chi connectivity index (χ1n) is 11.3. The van der Waals surface area contributed by atoms with E-state index in [-0.39, 0.29) is 5.82 Å². The summed E-state index contributed by atoms with van der Waals surface area (Å²) in [4.78, 5) is 2.39. The highest BCUT2D eigenvalue weighted by Gasteiger charge is 2.26. The molecule has 5 nitrogen and oxygen atoms in total. The maximum atomic E-state index is 13.3. The molecule has 1 saturated heterocycles. The SMILES string of the molecule is Cc1cc(F)ccc1CCCC1CCN(c2nnc(-c3ccnn3C)c3ccccc23)C1.